The zero-order chi connectivity index (χ0) is 16.2. The SMILES string of the molecule is S=C(N/N=C\c1ccc(Cl)cc1Cl)Nc1ccc2cn[nH]c2c1. The molecule has 3 rings (SSSR count). The van der Waals surface area contributed by atoms with Crippen LogP contribution in [-0.2, 0) is 0 Å². The van der Waals surface area contributed by atoms with Gasteiger partial charge in [-0.2, -0.15) is 10.2 Å². The van der Waals surface area contributed by atoms with Gasteiger partial charge in [-0.05, 0) is 42.5 Å². The molecule has 0 saturated carbocycles. The number of fused-ring (bicyclic) bond motifs is 1. The van der Waals surface area contributed by atoms with Crippen molar-refractivity contribution in [1.82, 2.24) is 15.6 Å². The van der Waals surface area contributed by atoms with Gasteiger partial charge in [0.25, 0.3) is 0 Å². The van der Waals surface area contributed by atoms with E-state index in [0.29, 0.717) is 15.2 Å². The van der Waals surface area contributed by atoms with Gasteiger partial charge in [-0.3, -0.25) is 10.5 Å². The Labute approximate surface area is 147 Å². The molecule has 23 heavy (non-hydrogen) atoms. The van der Waals surface area contributed by atoms with Crippen molar-refractivity contribution in [1.29, 1.82) is 0 Å². The van der Waals surface area contributed by atoms with Gasteiger partial charge < -0.3 is 5.32 Å². The van der Waals surface area contributed by atoms with Crippen LogP contribution in [0, 0.1) is 0 Å². The third kappa shape index (κ3) is 3.98. The highest BCUT2D eigenvalue weighted by atomic mass is 35.5. The average Bonchev–Trinajstić information content (AvgIpc) is 2.97. The van der Waals surface area contributed by atoms with Crippen LogP contribution in [0.15, 0.2) is 47.7 Å². The minimum absolute atomic E-state index is 0.366. The fraction of sp³-hybridized carbons (Fsp3) is 0. The number of aromatic amines is 1. The number of thiocarbonyl (C=S) groups is 1. The summed E-state index contributed by atoms with van der Waals surface area (Å²) in [5.41, 5.74) is 5.23. The lowest BCUT2D eigenvalue weighted by atomic mass is 10.2. The number of nitrogens with one attached hydrogen (secondary N) is 3. The second kappa shape index (κ2) is 6.95. The number of halogens is 2. The van der Waals surface area contributed by atoms with E-state index in [1.165, 1.54) is 0 Å². The molecule has 0 radical (unpaired) electrons. The maximum atomic E-state index is 6.06. The van der Waals surface area contributed by atoms with Crippen LogP contribution in [0.3, 0.4) is 0 Å². The number of nitrogens with zero attached hydrogens (tertiary/aromatic N) is 2. The Morgan fingerprint density at radius 1 is 1.22 bits per heavy atom. The lowest BCUT2D eigenvalue weighted by Crippen LogP contribution is -2.23. The van der Waals surface area contributed by atoms with Crippen molar-refractivity contribution in [3.63, 3.8) is 0 Å². The molecule has 0 bridgehead atoms. The first-order chi connectivity index (χ1) is 11.1. The molecular formula is C15H11Cl2N5S. The Bertz CT molecular complexity index is 890. The van der Waals surface area contributed by atoms with Crippen LogP contribution in [0.1, 0.15) is 5.56 Å². The summed E-state index contributed by atoms with van der Waals surface area (Å²) in [6.07, 6.45) is 3.33. The molecule has 1 aromatic heterocycles. The highest BCUT2D eigenvalue weighted by molar-refractivity contribution is 7.80. The first kappa shape index (κ1) is 15.7. The Hall–Kier alpha value is -2.15. The summed E-state index contributed by atoms with van der Waals surface area (Å²) in [5, 5.41) is 16.5. The molecule has 5 nitrogen and oxygen atoms in total. The summed E-state index contributed by atoms with van der Waals surface area (Å²) in [6.45, 7) is 0. The van der Waals surface area contributed by atoms with Crippen molar-refractivity contribution in [3.05, 3.63) is 58.2 Å². The summed E-state index contributed by atoms with van der Waals surface area (Å²) in [6, 6.07) is 10.9. The third-order valence-electron chi connectivity index (χ3n) is 3.03. The molecule has 0 saturated heterocycles. The molecule has 3 N–H and O–H groups in total. The van der Waals surface area contributed by atoms with Crippen LogP contribution in [0.25, 0.3) is 10.9 Å². The van der Waals surface area contributed by atoms with Gasteiger partial charge in [0.2, 0.25) is 0 Å². The normalized spacial score (nSPS) is 11.0. The topological polar surface area (TPSA) is 65.1 Å². The smallest absolute Gasteiger partial charge is 0.191 e. The fourth-order valence-corrected chi connectivity index (χ4v) is 2.57. The van der Waals surface area contributed by atoms with E-state index in [1.807, 2.05) is 18.2 Å². The van der Waals surface area contributed by atoms with Gasteiger partial charge in [0, 0.05) is 21.7 Å². The van der Waals surface area contributed by atoms with Gasteiger partial charge in [-0.25, -0.2) is 0 Å². The van der Waals surface area contributed by atoms with Gasteiger partial charge in [-0.1, -0.05) is 29.3 Å². The molecular weight excluding hydrogens is 353 g/mol. The second-order valence-electron chi connectivity index (χ2n) is 4.66. The maximum Gasteiger partial charge on any atom is 0.191 e. The number of benzene rings is 2. The molecule has 3 aromatic rings. The van der Waals surface area contributed by atoms with Gasteiger partial charge >= 0.3 is 0 Å². The predicted molar refractivity (Wildman–Crippen MR) is 99.5 cm³/mol. The molecule has 0 unspecified atom stereocenters. The zero-order valence-electron chi connectivity index (χ0n) is 11.7. The largest absolute Gasteiger partial charge is 0.331 e. The number of hydrogen-bond donors (Lipinski definition) is 3. The molecule has 8 heteroatoms. The summed E-state index contributed by atoms with van der Waals surface area (Å²) in [5.74, 6) is 0. The van der Waals surface area contributed by atoms with Gasteiger partial charge in [-0.15, -0.1) is 0 Å². The average molecular weight is 364 g/mol. The van der Waals surface area contributed by atoms with E-state index < -0.39 is 0 Å². The summed E-state index contributed by atoms with van der Waals surface area (Å²) in [7, 11) is 0. The minimum Gasteiger partial charge on any atom is -0.331 e. The molecule has 0 aliphatic rings. The van der Waals surface area contributed by atoms with Crippen molar-refractivity contribution in [2.75, 3.05) is 5.32 Å². The van der Waals surface area contributed by atoms with Crippen molar-refractivity contribution >= 4 is 63.3 Å². The van der Waals surface area contributed by atoms with Crippen LogP contribution >= 0.6 is 35.4 Å². The second-order valence-corrected chi connectivity index (χ2v) is 5.91. The minimum atomic E-state index is 0.366. The molecule has 0 aliphatic heterocycles. The van der Waals surface area contributed by atoms with Crippen LogP contribution in [-0.4, -0.2) is 21.5 Å². The van der Waals surface area contributed by atoms with Crippen molar-refractivity contribution < 1.29 is 0 Å². The van der Waals surface area contributed by atoms with Crippen molar-refractivity contribution in [3.8, 4) is 0 Å². The molecule has 1 heterocycles. The van der Waals surface area contributed by atoms with E-state index in [1.54, 1.807) is 30.6 Å². The highest BCUT2D eigenvalue weighted by Gasteiger charge is 2.01. The molecule has 0 fully saturated rings. The molecule has 116 valence electrons. The monoisotopic (exact) mass is 363 g/mol. The Kier molecular flexibility index (Phi) is 4.76. The number of H-pyrrole nitrogens is 1. The number of hydrogen-bond acceptors (Lipinski definition) is 3. The van der Waals surface area contributed by atoms with E-state index in [0.717, 1.165) is 22.2 Å². The molecule has 0 spiro atoms. The fourth-order valence-electron chi connectivity index (χ4n) is 1.94. The standard InChI is InChI=1S/C15H11Cl2N5S/c16-11-3-1-9(13(17)5-11)7-19-22-15(23)20-12-4-2-10-8-18-21-14(10)6-12/h1-8H,(H,18,21)(H2,20,22,23)/b19-7-. The number of aromatic nitrogens is 2. The van der Waals surface area contributed by atoms with Gasteiger partial charge in [0.05, 0.1) is 23.0 Å². The van der Waals surface area contributed by atoms with Crippen LogP contribution < -0.4 is 10.7 Å². The van der Waals surface area contributed by atoms with Crippen LogP contribution in [0.2, 0.25) is 10.0 Å². The van der Waals surface area contributed by atoms with E-state index in [2.05, 4.69) is 26.0 Å². The number of anilines is 1. The molecule has 2 aromatic carbocycles. The van der Waals surface area contributed by atoms with Gasteiger partial charge in [0.15, 0.2) is 5.11 Å². The summed E-state index contributed by atoms with van der Waals surface area (Å²) in [4.78, 5) is 0. The van der Waals surface area contributed by atoms with E-state index in [-0.39, 0.29) is 0 Å². The Morgan fingerprint density at radius 2 is 2.09 bits per heavy atom. The van der Waals surface area contributed by atoms with Gasteiger partial charge in [0.1, 0.15) is 0 Å². The maximum absolute atomic E-state index is 6.06. The zero-order valence-corrected chi connectivity index (χ0v) is 14.0. The van der Waals surface area contributed by atoms with E-state index in [4.69, 9.17) is 35.4 Å². The number of hydrazone groups is 1. The van der Waals surface area contributed by atoms with E-state index >= 15 is 0 Å². The Morgan fingerprint density at radius 3 is 2.91 bits per heavy atom. The first-order valence-electron chi connectivity index (χ1n) is 6.60. The quantitative estimate of drug-likeness (QED) is 0.370. The summed E-state index contributed by atoms with van der Waals surface area (Å²) >= 11 is 17.1. The van der Waals surface area contributed by atoms with E-state index in [9.17, 15) is 0 Å². The summed E-state index contributed by atoms with van der Waals surface area (Å²) < 4.78 is 0. The third-order valence-corrected chi connectivity index (χ3v) is 3.79. The van der Waals surface area contributed by atoms with Crippen molar-refractivity contribution in [2.24, 2.45) is 5.10 Å². The Balaban J connectivity index is 1.61. The van der Waals surface area contributed by atoms with Crippen LogP contribution in [0.4, 0.5) is 5.69 Å². The molecule has 0 atom stereocenters. The predicted octanol–water partition coefficient (Wildman–Crippen LogP) is 4.19. The van der Waals surface area contributed by atoms with Crippen molar-refractivity contribution in [2.45, 2.75) is 0 Å². The number of rotatable bonds is 3. The molecule has 0 aliphatic carbocycles. The van der Waals surface area contributed by atoms with Crippen LogP contribution in [0.5, 0.6) is 0 Å². The lowest BCUT2D eigenvalue weighted by molar-refractivity contribution is 1.05. The lowest BCUT2D eigenvalue weighted by Gasteiger charge is -2.07. The highest BCUT2D eigenvalue weighted by Crippen LogP contribution is 2.19. The first-order valence-corrected chi connectivity index (χ1v) is 7.76. The molecule has 0 amide bonds.